The highest BCUT2D eigenvalue weighted by Crippen LogP contribution is 2.40. The molecule has 4 aromatic carbocycles. The van der Waals surface area contributed by atoms with E-state index in [1.807, 2.05) is 24.3 Å². The molecule has 226 valence electrons. The number of ether oxygens (including phenoxy) is 4. The predicted octanol–water partition coefficient (Wildman–Crippen LogP) is 8.57. The molecule has 0 saturated carbocycles. The normalized spacial score (nSPS) is 13.8. The third kappa shape index (κ3) is 8.93. The molecule has 4 aromatic rings. The summed E-state index contributed by atoms with van der Waals surface area (Å²) in [6.45, 7) is 4.50. The van der Waals surface area contributed by atoms with Gasteiger partial charge in [0.25, 0.3) is 0 Å². The molecule has 4 nitrogen and oxygen atoms in total. The van der Waals surface area contributed by atoms with E-state index in [0.29, 0.717) is 26.4 Å². The Bertz CT molecular complexity index is 1410. The Balaban J connectivity index is 1.28. The van der Waals surface area contributed by atoms with Gasteiger partial charge in [-0.1, -0.05) is 110 Å². The minimum absolute atomic E-state index is 0.00386. The minimum atomic E-state index is -0.0644. The lowest BCUT2D eigenvalue weighted by Gasteiger charge is -2.24. The molecule has 0 radical (unpaired) electrons. The first-order valence-corrected chi connectivity index (χ1v) is 15.8. The van der Waals surface area contributed by atoms with Crippen molar-refractivity contribution in [2.24, 2.45) is 0 Å². The summed E-state index contributed by atoms with van der Waals surface area (Å²) in [7, 11) is 1.76. The van der Waals surface area contributed by atoms with E-state index in [2.05, 4.69) is 73.7 Å². The molecule has 5 heteroatoms. The molecule has 0 fully saturated rings. The molecule has 43 heavy (non-hydrogen) atoms. The third-order valence-electron chi connectivity index (χ3n) is 8.25. The van der Waals surface area contributed by atoms with Crippen molar-refractivity contribution < 1.29 is 18.9 Å². The fraction of sp³-hybridized carbons (Fsp3) is 0.368. The molecule has 0 amide bonds. The van der Waals surface area contributed by atoms with Crippen molar-refractivity contribution in [3.05, 3.63) is 135 Å². The summed E-state index contributed by atoms with van der Waals surface area (Å²) >= 11 is 6.92. The quantitative estimate of drug-likeness (QED) is 0.129. The average molecular weight is 599 g/mol. The zero-order valence-corrected chi connectivity index (χ0v) is 26.2. The topological polar surface area (TPSA) is 36.9 Å². The maximum absolute atomic E-state index is 6.92. The van der Waals surface area contributed by atoms with Gasteiger partial charge in [0.2, 0.25) is 0 Å². The van der Waals surface area contributed by atoms with Crippen LogP contribution in [0.15, 0.2) is 91.0 Å². The Kier molecular flexibility index (Phi) is 11.7. The van der Waals surface area contributed by atoms with Gasteiger partial charge in [0, 0.05) is 25.5 Å². The smallest absolute Gasteiger partial charge is 0.141 e. The fourth-order valence-corrected chi connectivity index (χ4v) is 6.00. The second-order valence-electron chi connectivity index (χ2n) is 11.3. The summed E-state index contributed by atoms with van der Waals surface area (Å²) in [5.41, 5.74) is 8.59. The van der Waals surface area contributed by atoms with Gasteiger partial charge in [-0.3, -0.25) is 0 Å². The van der Waals surface area contributed by atoms with Gasteiger partial charge < -0.3 is 18.9 Å². The molecule has 0 saturated heterocycles. The van der Waals surface area contributed by atoms with E-state index < -0.39 is 0 Å². The molecule has 2 unspecified atom stereocenters. The van der Waals surface area contributed by atoms with Crippen LogP contribution in [0.3, 0.4) is 0 Å². The van der Waals surface area contributed by atoms with E-state index in [9.17, 15) is 0 Å². The van der Waals surface area contributed by atoms with Crippen LogP contribution in [0, 0.1) is 0 Å². The van der Waals surface area contributed by atoms with E-state index in [1.165, 1.54) is 27.8 Å². The Morgan fingerprint density at radius 3 is 2.14 bits per heavy atom. The Labute approximate surface area is 261 Å². The van der Waals surface area contributed by atoms with Crippen LogP contribution in [0.4, 0.5) is 0 Å². The van der Waals surface area contributed by atoms with E-state index in [4.69, 9.17) is 30.5 Å². The van der Waals surface area contributed by atoms with Gasteiger partial charge in [0.1, 0.15) is 5.75 Å². The first kappa shape index (κ1) is 31.3. The Morgan fingerprint density at radius 2 is 1.47 bits per heavy atom. The zero-order chi connectivity index (χ0) is 29.9. The molecule has 0 spiro atoms. The van der Waals surface area contributed by atoms with Crippen molar-refractivity contribution in [2.75, 3.05) is 20.3 Å². The SMILES string of the molecule is CCc1ccc(Cc2cc(CCC(CC(COCc3ccccc3)OC)OCc3ccccc3)c3c(c2Cl)OCC3)cc1. The van der Waals surface area contributed by atoms with Crippen LogP contribution < -0.4 is 4.74 Å². The van der Waals surface area contributed by atoms with Crippen molar-refractivity contribution in [3.8, 4) is 5.75 Å². The fourth-order valence-electron chi connectivity index (χ4n) is 5.71. The van der Waals surface area contributed by atoms with Gasteiger partial charge in [-0.15, -0.1) is 0 Å². The highest BCUT2D eigenvalue weighted by Gasteiger charge is 2.24. The van der Waals surface area contributed by atoms with Crippen LogP contribution in [-0.2, 0) is 53.1 Å². The number of rotatable bonds is 16. The van der Waals surface area contributed by atoms with Crippen LogP contribution in [0.5, 0.6) is 5.75 Å². The van der Waals surface area contributed by atoms with E-state index >= 15 is 0 Å². The first-order chi connectivity index (χ1) is 21.1. The number of fused-ring (bicyclic) bond motifs is 1. The lowest BCUT2D eigenvalue weighted by atomic mass is 9.93. The predicted molar refractivity (Wildman–Crippen MR) is 174 cm³/mol. The number of hydrogen-bond donors (Lipinski definition) is 0. The Hall–Kier alpha value is -3.15. The van der Waals surface area contributed by atoms with Crippen LogP contribution >= 0.6 is 11.6 Å². The molecule has 0 aliphatic carbocycles. The monoisotopic (exact) mass is 598 g/mol. The maximum Gasteiger partial charge on any atom is 0.141 e. The number of methoxy groups -OCH3 is 1. The van der Waals surface area contributed by atoms with E-state index in [0.717, 1.165) is 60.4 Å². The second kappa shape index (κ2) is 16.1. The molecule has 5 rings (SSSR count). The van der Waals surface area contributed by atoms with Crippen LogP contribution in [0.1, 0.15) is 58.7 Å². The number of aryl methyl sites for hydroxylation is 2. The number of halogens is 1. The summed E-state index contributed by atoms with van der Waals surface area (Å²) in [4.78, 5) is 0. The third-order valence-corrected chi connectivity index (χ3v) is 8.67. The van der Waals surface area contributed by atoms with Gasteiger partial charge in [0.05, 0.1) is 43.7 Å². The highest BCUT2D eigenvalue weighted by atomic mass is 35.5. The van der Waals surface area contributed by atoms with Gasteiger partial charge >= 0.3 is 0 Å². The maximum atomic E-state index is 6.92. The van der Waals surface area contributed by atoms with Crippen molar-refractivity contribution in [3.63, 3.8) is 0 Å². The lowest BCUT2D eigenvalue weighted by molar-refractivity contribution is -0.0467. The van der Waals surface area contributed by atoms with E-state index in [1.54, 1.807) is 7.11 Å². The highest BCUT2D eigenvalue weighted by molar-refractivity contribution is 6.33. The van der Waals surface area contributed by atoms with Gasteiger partial charge in [-0.25, -0.2) is 0 Å². The molecule has 1 aliphatic heterocycles. The van der Waals surface area contributed by atoms with Gasteiger partial charge in [-0.2, -0.15) is 0 Å². The number of hydrogen-bond acceptors (Lipinski definition) is 4. The second-order valence-corrected chi connectivity index (χ2v) is 11.7. The van der Waals surface area contributed by atoms with Crippen LogP contribution in [-0.4, -0.2) is 32.5 Å². The summed E-state index contributed by atoms with van der Waals surface area (Å²) in [5, 5.41) is 0.753. The van der Waals surface area contributed by atoms with Crippen molar-refractivity contribution in [1.82, 2.24) is 0 Å². The molecular weight excluding hydrogens is 556 g/mol. The Morgan fingerprint density at radius 1 is 0.791 bits per heavy atom. The molecular formula is C38H43ClO4. The van der Waals surface area contributed by atoms with Gasteiger partial charge in [-0.05, 0) is 59.1 Å². The van der Waals surface area contributed by atoms with Crippen molar-refractivity contribution >= 4 is 11.6 Å². The van der Waals surface area contributed by atoms with Crippen molar-refractivity contribution in [1.29, 1.82) is 0 Å². The van der Waals surface area contributed by atoms with Crippen LogP contribution in [0.2, 0.25) is 5.02 Å². The molecule has 1 aliphatic rings. The summed E-state index contributed by atoms with van der Waals surface area (Å²) < 4.78 is 24.5. The molecule has 0 N–H and O–H groups in total. The average Bonchev–Trinajstić information content (AvgIpc) is 3.55. The summed E-state index contributed by atoms with van der Waals surface area (Å²) in [6, 6.07) is 31.7. The van der Waals surface area contributed by atoms with Crippen LogP contribution in [0.25, 0.3) is 0 Å². The largest absolute Gasteiger partial charge is 0.491 e. The molecule has 0 aromatic heterocycles. The molecule has 0 bridgehead atoms. The summed E-state index contributed by atoms with van der Waals surface area (Å²) in [5.74, 6) is 0.866. The molecule has 1 heterocycles. The van der Waals surface area contributed by atoms with Gasteiger partial charge in [0.15, 0.2) is 0 Å². The lowest BCUT2D eigenvalue weighted by Crippen LogP contribution is -2.27. The zero-order valence-electron chi connectivity index (χ0n) is 25.4. The molecule has 2 atom stereocenters. The minimum Gasteiger partial charge on any atom is -0.491 e. The van der Waals surface area contributed by atoms with Crippen molar-refractivity contribution in [2.45, 2.75) is 70.9 Å². The number of benzene rings is 4. The first-order valence-electron chi connectivity index (χ1n) is 15.5. The van der Waals surface area contributed by atoms with E-state index in [-0.39, 0.29) is 12.2 Å². The standard InChI is InChI=1S/C38H43ClO4/c1-3-28-14-16-29(17-15-28)22-33-23-32(36-20-21-42-38(36)37(33)39)18-19-34(43-26-31-12-8-5-9-13-31)24-35(40-2)27-41-25-30-10-6-4-7-11-30/h4-17,23,34-35H,3,18-22,24-27H2,1-2H3. The summed E-state index contributed by atoms with van der Waals surface area (Å²) in [6.07, 6.45) is 5.14.